The fourth-order valence-corrected chi connectivity index (χ4v) is 1.74. The number of aromatic nitrogens is 3. The zero-order chi connectivity index (χ0) is 14.5. The fourth-order valence-electron chi connectivity index (χ4n) is 1.38. The predicted molar refractivity (Wildman–Crippen MR) is 78.4 cm³/mol. The Balaban J connectivity index is 2.18. The predicted octanol–water partition coefficient (Wildman–Crippen LogP) is 3.05. The molecule has 0 aliphatic rings. The highest BCUT2D eigenvalue weighted by atomic mass is 35.5. The Morgan fingerprint density at radius 3 is 2.45 bits per heavy atom. The summed E-state index contributed by atoms with van der Waals surface area (Å²) in [7, 11) is 0. The molecule has 2 N–H and O–H groups in total. The van der Waals surface area contributed by atoms with Gasteiger partial charge >= 0.3 is 0 Å². The number of carbonyl (C=O) groups excluding carboxylic acids is 1. The number of anilines is 3. The van der Waals surface area contributed by atoms with Crippen LogP contribution in [0.25, 0.3) is 0 Å². The lowest BCUT2D eigenvalue weighted by Gasteiger charge is -2.07. The summed E-state index contributed by atoms with van der Waals surface area (Å²) < 4.78 is 0. The summed E-state index contributed by atoms with van der Waals surface area (Å²) >= 11 is 11.4. The molecular formula is C12H9Cl2N5O. The van der Waals surface area contributed by atoms with Crippen molar-refractivity contribution in [1.82, 2.24) is 15.0 Å². The van der Waals surface area contributed by atoms with Crippen molar-refractivity contribution in [2.24, 2.45) is 0 Å². The zero-order valence-corrected chi connectivity index (χ0v) is 11.6. The van der Waals surface area contributed by atoms with Crippen LogP contribution < -0.4 is 10.6 Å². The molecule has 0 saturated carbocycles. The van der Waals surface area contributed by atoms with Gasteiger partial charge in [-0.25, -0.2) is 0 Å². The third-order valence-corrected chi connectivity index (χ3v) is 2.49. The Morgan fingerprint density at radius 1 is 1.15 bits per heavy atom. The van der Waals surface area contributed by atoms with Gasteiger partial charge in [0, 0.05) is 11.4 Å². The van der Waals surface area contributed by atoms with E-state index in [1.807, 2.05) is 0 Å². The lowest BCUT2D eigenvalue weighted by Crippen LogP contribution is -2.07. The van der Waals surface area contributed by atoms with Gasteiger partial charge < -0.3 is 10.6 Å². The summed E-state index contributed by atoms with van der Waals surface area (Å²) in [6.45, 7) is 3.38. The van der Waals surface area contributed by atoms with Gasteiger partial charge in [0.25, 0.3) is 0 Å². The van der Waals surface area contributed by atoms with Crippen molar-refractivity contribution in [2.75, 3.05) is 10.6 Å². The van der Waals surface area contributed by atoms with Gasteiger partial charge in [0.2, 0.25) is 22.4 Å². The molecule has 0 spiro atoms. The van der Waals surface area contributed by atoms with Gasteiger partial charge in [-0.3, -0.25) is 4.79 Å². The average molecular weight is 310 g/mol. The molecule has 2 rings (SSSR count). The van der Waals surface area contributed by atoms with Crippen LogP contribution in [-0.2, 0) is 4.79 Å². The molecule has 6 nitrogen and oxygen atoms in total. The molecule has 0 aliphatic carbocycles. The first-order valence-corrected chi connectivity index (χ1v) is 6.20. The van der Waals surface area contributed by atoms with E-state index in [9.17, 15) is 4.79 Å². The minimum absolute atomic E-state index is 0.0105. The SMILES string of the molecule is C=CC(=O)Nc1cccc(Nc2nc(Cl)nc(Cl)n2)c1. The first kappa shape index (κ1) is 14.2. The molecule has 2 aromatic rings. The quantitative estimate of drug-likeness (QED) is 0.848. The molecule has 0 fully saturated rings. The van der Waals surface area contributed by atoms with E-state index in [0.717, 1.165) is 0 Å². The molecule has 0 atom stereocenters. The summed E-state index contributed by atoms with van der Waals surface area (Å²) in [6, 6.07) is 6.97. The number of benzene rings is 1. The third-order valence-electron chi connectivity index (χ3n) is 2.15. The molecule has 1 heterocycles. The molecule has 8 heteroatoms. The summed E-state index contributed by atoms with van der Waals surface area (Å²) in [4.78, 5) is 22.6. The van der Waals surface area contributed by atoms with Crippen LogP contribution in [0.4, 0.5) is 17.3 Å². The van der Waals surface area contributed by atoms with Crippen molar-refractivity contribution in [1.29, 1.82) is 0 Å². The number of rotatable bonds is 4. The maximum Gasteiger partial charge on any atom is 0.247 e. The van der Waals surface area contributed by atoms with Crippen LogP contribution >= 0.6 is 23.2 Å². The number of amides is 1. The highest BCUT2D eigenvalue weighted by Crippen LogP contribution is 2.19. The second-order valence-corrected chi connectivity index (χ2v) is 4.27. The fraction of sp³-hybridized carbons (Fsp3) is 0. The lowest BCUT2D eigenvalue weighted by molar-refractivity contribution is -0.111. The molecule has 20 heavy (non-hydrogen) atoms. The first-order valence-electron chi connectivity index (χ1n) is 5.44. The molecule has 0 unspecified atom stereocenters. The van der Waals surface area contributed by atoms with Crippen LogP contribution in [-0.4, -0.2) is 20.9 Å². The van der Waals surface area contributed by atoms with Gasteiger partial charge in [-0.2, -0.15) is 15.0 Å². The highest BCUT2D eigenvalue weighted by Gasteiger charge is 2.04. The Labute approximate surface area is 124 Å². The van der Waals surface area contributed by atoms with E-state index in [1.165, 1.54) is 6.08 Å². The third kappa shape index (κ3) is 3.91. The van der Waals surface area contributed by atoms with Crippen LogP contribution in [0.15, 0.2) is 36.9 Å². The summed E-state index contributed by atoms with van der Waals surface area (Å²) in [6.07, 6.45) is 1.19. The molecule has 0 radical (unpaired) electrons. The molecule has 0 aliphatic heterocycles. The second-order valence-electron chi connectivity index (χ2n) is 3.60. The number of nitrogens with one attached hydrogen (secondary N) is 2. The van der Waals surface area contributed by atoms with E-state index in [1.54, 1.807) is 24.3 Å². The number of hydrogen-bond donors (Lipinski definition) is 2. The summed E-state index contributed by atoms with van der Waals surface area (Å²) in [5.41, 5.74) is 1.26. The van der Waals surface area contributed by atoms with E-state index < -0.39 is 0 Å². The van der Waals surface area contributed by atoms with Crippen molar-refractivity contribution in [3.8, 4) is 0 Å². The van der Waals surface area contributed by atoms with Crippen LogP contribution in [0.5, 0.6) is 0 Å². The minimum atomic E-state index is -0.298. The van der Waals surface area contributed by atoms with Gasteiger partial charge in [-0.15, -0.1) is 0 Å². The largest absolute Gasteiger partial charge is 0.324 e. The Hall–Kier alpha value is -2.18. The first-order chi connectivity index (χ1) is 9.56. The normalized spacial score (nSPS) is 9.90. The van der Waals surface area contributed by atoms with E-state index >= 15 is 0 Å². The van der Waals surface area contributed by atoms with Gasteiger partial charge in [-0.1, -0.05) is 12.6 Å². The molecule has 0 bridgehead atoms. The summed E-state index contributed by atoms with van der Waals surface area (Å²) in [5.74, 6) is -0.0874. The number of halogens is 2. The average Bonchev–Trinajstić information content (AvgIpc) is 2.37. The zero-order valence-electron chi connectivity index (χ0n) is 10.1. The maximum absolute atomic E-state index is 11.2. The topological polar surface area (TPSA) is 79.8 Å². The molecule has 1 amide bonds. The van der Waals surface area contributed by atoms with Gasteiger partial charge in [0.1, 0.15) is 0 Å². The maximum atomic E-state index is 11.2. The Bertz CT molecular complexity index is 642. The van der Waals surface area contributed by atoms with E-state index in [-0.39, 0.29) is 22.4 Å². The van der Waals surface area contributed by atoms with Crippen LogP contribution in [0, 0.1) is 0 Å². The van der Waals surface area contributed by atoms with Crippen molar-refractivity contribution in [2.45, 2.75) is 0 Å². The van der Waals surface area contributed by atoms with Gasteiger partial charge in [-0.05, 0) is 47.5 Å². The van der Waals surface area contributed by atoms with Crippen molar-refractivity contribution in [3.63, 3.8) is 0 Å². The smallest absolute Gasteiger partial charge is 0.247 e. The number of hydrogen-bond acceptors (Lipinski definition) is 5. The Kier molecular flexibility index (Phi) is 4.49. The Morgan fingerprint density at radius 2 is 1.80 bits per heavy atom. The van der Waals surface area contributed by atoms with E-state index in [4.69, 9.17) is 23.2 Å². The van der Waals surface area contributed by atoms with Crippen molar-refractivity contribution < 1.29 is 4.79 Å². The molecule has 102 valence electrons. The molecule has 1 aromatic carbocycles. The van der Waals surface area contributed by atoms with Crippen molar-refractivity contribution in [3.05, 3.63) is 47.5 Å². The number of nitrogens with zero attached hydrogens (tertiary/aromatic N) is 3. The molecule has 1 aromatic heterocycles. The van der Waals surface area contributed by atoms with Crippen LogP contribution in [0.3, 0.4) is 0 Å². The molecule has 0 saturated heterocycles. The van der Waals surface area contributed by atoms with E-state index in [0.29, 0.717) is 11.4 Å². The van der Waals surface area contributed by atoms with Crippen molar-refractivity contribution >= 4 is 46.4 Å². The standard InChI is InChI=1S/C12H9Cl2N5O/c1-2-9(20)15-7-4-3-5-8(6-7)16-12-18-10(13)17-11(14)19-12/h2-6H,1H2,(H,15,20)(H,16,17,18,19). The lowest BCUT2D eigenvalue weighted by atomic mass is 10.2. The van der Waals surface area contributed by atoms with Gasteiger partial charge in [0.15, 0.2) is 0 Å². The van der Waals surface area contributed by atoms with Gasteiger partial charge in [0.05, 0.1) is 0 Å². The number of carbonyl (C=O) groups is 1. The van der Waals surface area contributed by atoms with Crippen LogP contribution in [0.2, 0.25) is 10.6 Å². The van der Waals surface area contributed by atoms with E-state index in [2.05, 4.69) is 32.2 Å². The summed E-state index contributed by atoms with van der Waals surface area (Å²) in [5, 5.41) is 5.53. The highest BCUT2D eigenvalue weighted by molar-refractivity contribution is 6.31. The molecular weight excluding hydrogens is 301 g/mol. The monoisotopic (exact) mass is 309 g/mol. The minimum Gasteiger partial charge on any atom is -0.324 e. The second kappa shape index (κ2) is 6.31. The van der Waals surface area contributed by atoms with Crippen LogP contribution in [0.1, 0.15) is 0 Å².